The predicted molar refractivity (Wildman–Crippen MR) is 78.3 cm³/mol. The number of nitrogens with zero attached hydrogens (tertiary/aromatic N) is 1. The first-order valence-corrected chi connectivity index (χ1v) is 6.77. The minimum Gasteiger partial charge on any atom is -0.480 e. The zero-order valence-electron chi connectivity index (χ0n) is 12.3. The molecule has 120 valence electrons. The van der Waals surface area contributed by atoms with Gasteiger partial charge in [-0.3, -0.25) is 9.59 Å². The van der Waals surface area contributed by atoms with E-state index >= 15 is 0 Å². The third-order valence-electron chi connectivity index (χ3n) is 3.10. The predicted octanol–water partition coefficient (Wildman–Crippen LogP) is 0.502. The Labute approximate surface area is 132 Å². The maximum absolute atomic E-state index is 11.9. The molecule has 1 aliphatic heterocycles. The van der Waals surface area contributed by atoms with E-state index in [-0.39, 0.29) is 18.9 Å². The normalized spacial score (nSPS) is 13.8. The topological polar surface area (TPSA) is 121 Å². The summed E-state index contributed by atoms with van der Waals surface area (Å²) >= 11 is 0. The van der Waals surface area contributed by atoms with Crippen LogP contribution in [0.1, 0.15) is 12.5 Å². The van der Waals surface area contributed by atoms with Crippen molar-refractivity contribution in [3.63, 3.8) is 0 Å². The summed E-state index contributed by atoms with van der Waals surface area (Å²) in [5.41, 5.74) is 0.575. The number of carbonyl (C=O) groups excluding carboxylic acids is 1. The van der Waals surface area contributed by atoms with Gasteiger partial charge in [0.15, 0.2) is 11.5 Å². The molecule has 0 bridgehead atoms. The average Bonchev–Trinajstić information content (AvgIpc) is 3.00. The van der Waals surface area contributed by atoms with Crippen molar-refractivity contribution in [2.24, 2.45) is 0 Å². The number of carboxylic acid groups (broad SMARTS) is 1. The third kappa shape index (κ3) is 4.14. The van der Waals surface area contributed by atoms with E-state index in [1.165, 1.54) is 6.92 Å². The fraction of sp³-hybridized carbons (Fsp3) is 0.267. The molecule has 0 aromatic heterocycles. The highest BCUT2D eigenvalue weighted by atomic mass is 16.7. The van der Waals surface area contributed by atoms with Gasteiger partial charge >= 0.3 is 5.97 Å². The van der Waals surface area contributed by atoms with Crippen molar-refractivity contribution in [1.29, 1.82) is 5.26 Å². The molecule has 1 aliphatic rings. The largest absolute Gasteiger partial charge is 0.480 e. The molecule has 3 N–H and O–H groups in total. The number of hydrogen-bond acceptors (Lipinski definition) is 6. The maximum atomic E-state index is 11.9. The number of fused-ring (bicyclic) bond motifs is 1. The average molecular weight is 317 g/mol. The molecule has 8 nitrogen and oxygen atoms in total. The van der Waals surface area contributed by atoms with E-state index in [1.807, 2.05) is 0 Å². The number of nitriles is 1. The lowest BCUT2D eigenvalue weighted by atomic mass is 10.2. The number of amides is 1. The lowest BCUT2D eigenvalue weighted by Crippen LogP contribution is -2.31. The molecule has 0 spiro atoms. The Balaban J connectivity index is 1.93. The second-order valence-electron chi connectivity index (χ2n) is 4.77. The maximum Gasteiger partial charge on any atom is 0.325 e. The summed E-state index contributed by atoms with van der Waals surface area (Å²) in [4.78, 5) is 22.6. The van der Waals surface area contributed by atoms with Gasteiger partial charge in [-0.1, -0.05) is 6.07 Å². The van der Waals surface area contributed by atoms with E-state index < -0.39 is 17.9 Å². The second kappa shape index (κ2) is 7.17. The summed E-state index contributed by atoms with van der Waals surface area (Å²) in [5, 5.41) is 22.8. The lowest BCUT2D eigenvalue weighted by Gasteiger charge is -2.08. The van der Waals surface area contributed by atoms with Gasteiger partial charge in [0.25, 0.3) is 5.91 Å². The summed E-state index contributed by atoms with van der Waals surface area (Å²) in [6, 6.07) is 6.07. The molecule has 23 heavy (non-hydrogen) atoms. The lowest BCUT2D eigenvalue weighted by molar-refractivity contribution is -0.138. The molecular weight excluding hydrogens is 302 g/mol. The van der Waals surface area contributed by atoms with Crippen LogP contribution in [0, 0.1) is 11.3 Å². The molecule has 1 aromatic rings. The van der Waals surface area contributed by atoms with Gasteiger partial charge in [-0.05, 0) is 24.6 Å². The Kier molecular flexibility index (Phi) is 5.04. The van der Waals surface area contributed by atoms with Crippen LogP contribution in [0.25, 0.3) is 0 Å². The van der Waals surface area contributed by atoms with Crippen LogP contribution in [-0.2, 0) is 16.1 Å². The minimum absolute atomic E-state index is 0.167. The molecule has 0 aliphatic carbocycles. The first kappa shape index (κ1) is 16.2. The van der Waals surface area contributed by atoms with Crippen molar-refractivity contribution in [3.8, 4) is 17.6 Å². The van der Waals surface area contributed by atoms with Crippen molar-refractivity contribution >= 4 is 11.9 Å². The Morgan fingerprint density at radius 3 is 2.87 bits per heavy atom. The second-order valence-corrected chi connectivity index (χ2v) is 4.77. The van der Waals surface area contributed by atoms with E-state index in [0.717, 1.165) is 11.8 Å². The molecular formula is C15H15N3O5. The van der Waals surface area contributed by atoms with Gasteiger partial charge in [0, 0.05) is 12.7 Å². The minimum atomic E-state index is -1.08. The smallest absolute Gasteiger partial charge is 0.325 e. The van der Waals surface area contributed by atoms with E-state index in [0.29, 0.717) is 11.5 Å². The monoisotopic (exact) mass is 317 g/mol. The van der Waals surface area contributed by atoms with Crippen molar-refractivity contribution < 1.29 is 24.2 Å². The molecule has 1 aromatic carbocycles. The quantitative estimate of drug-likeness (QED) is 0.516. The van der Waals surface area contributed by atoms with Crippen LogP contribution < -0.4 is 20.1 Å². The van der Waals surface area contributed by atoms with Crippen LogP contribution in [0.3, 0.4) is 0 Å². The van der Waals surface area contributed by atoms with Crippen molar-refractivity contribution in [3.05, 3.63) is 35.5 Å². The number of aliphatic carboxylic acids is 1. The van der Waals surface area contributed by atoms with Gasteiger partial charge in [-0.2, -0.15) is 5.26 Å². The van der Waals surface area contributed by atoms with Gasteiger partial charge in [0.05, 0.1) is 0 Å². The molecule has 0 saturated carbocycles. The van der Waals surface area contributed by atoms with Crippen LogP contribution >= 0.6 is 0 Å². The first-order chi connectivity index (χ1) is 11.0. The molecule has 8 heteroatoms. The fourth-order valence-corrected chi connectivity index (χ4v) is 1.76. The van der Waals surface area contributed by atoms with Crippen LogP contribution in [-0.4, -0.2) is 29.8 Å². The van der Waals surface area contributed by atoms with Crippen LogP contribution in [0.4, 0.5) is 0 Å². The standard InChI is InChI=1S/C15H15N3O5/c1-9(15(20)21)17-7-11(5-16)14(19)18-6-10-2-3-12-13(4-10)23-8-22-12/h2-4,7,9,17H,6,8H2,1H3,(H,18,19)(H,20,21)/b11-7-. The first-order valence-electron chi connectivity index (χ1n) is 6.77. The Bertz CT molecular complexity index is 693. The molecule has 0 saturated heterocycles. The summed E-state index contributed by atoms with van der Waals surface area (Å²) in [5.74, 6) is -0.441. The van der Waals surface area contributed by atoms with Crippen LogP contribution in [0.15, 0.2) is 30.0 Å². The van der Waals surface area contributed by atoms with Crippen molar-refractivity contribution in [1.82, 2.24) is 10.6 Å². The number of ether oxygens (including phenoxy) is 2. The zero-order chi connectivity index (χ0) is 16.8. The molecule has 2 rings (SSSR count). The van der Waals surface area contributed by atoms with Crippen molar-refractivity contribution in [2.45, 2.75) is 19.5 Å². The molecule has 1 amide bonds. The summed E-state index contributed by atoms with van der Waals surface area (Å²) < 4.78 is 10.4. The molecule has 1 heterocycles. The van der Waals surface area contributed by atoms with E-state index in [4.69, 9.17) is 19.8 Å². The van der Waals surface area contributed by atoms with Gasteiger partial charge in [0.1, 0.15) is 17.7 Å². The molecule has 0 radical (unpaired) electrons. The van der Waals surface area contributed by atoms with E-state index in [1.54, 1.807) is 24.3 Å². The highest BCUT2D eigenvalue weighted by Crippen LogP contribution is 2.32. The summed E-state index contributed by atoms with van der Waals surface area (Å²) in [6.45, 7) is 1.77. The van der Waals surface area contributed by atoms with Crippen molar-refractivity contribution in [2.75, 3.05) is 6.79 Å². The third-order valence-corrected chi connectivity index (χ3v) is 3.10. The van der Waals surface area contributed by atoms with Crippen LogP contribution in [0.2, 0.25) is 0 Å². The molecule has 0 fully saturated rings. The van der Waals surface area contributed by atoms with Gasteiger partial charge in [-0.15, -0.1) is 0 Å². The number of carbonyl (C=O) groups is 2. The SMILES string of the molecule is CC(N/C=C(/C#N)C(=O)NCc1ccc2c(c1)OCO2)C(=O)O. The molecule has 1 unspecified atom stereocenters. The number of carboxylic acids is 1. The van der Waals surface area contributed by atoms with Gasteiger partial charge < -0.3 is 25.2 Å². The highest BCUT2D eigenvalue weighted by Gasteiger charge is 2.15. The van der Waals surface area contributed by atoms with Gasteiger partial charge in [0.2, 0.25) is 6.79 Å². The van der Waals surface area contributed by atoms with Crippen LogP contribution in [0.5, 0.6) is 11.5 Å². The highest BCUT2D eigenvalue weighted by molar-refractivity contribution is 5.97. The zero-order valence-corrected chi connectivity index (χ0v) is 12.3. The van der Waals surface area contributed by atoms with E-state index in [2.05, 4.69) is 10.6 Å². The Hall–Kier alpha value is -3.21. The Morgan fingerprint density at radius 2 is 2.17 bits per heavy atom. The van der Waals surface area contributed by atoms with E-state index in [9.17, 15) is 9.59 Å². The van der Waals surface area contributed by atoms with Gasteiger partial charge in [-0.25, -0.2) is 0 Å². The number of benzene rings is 1. The number of rotatable bonds is 6. The molecule has 1 atom stereocenters. The number of hydrogen-bond donors (Lipinski definition) is 3. The summed E-state index contributed by atoms with van der Waals surface area (Å²) in [7, 11) is 0. The number of nitrogens with one attached hydrogen (secondary N) is 2. The summed E-state index contributed by atoms with van der Waals surface area (Å²) in [6.07, 6.45) is 1.09. The fourth-order valence-electron chi connectivity index (χ4n) is 1.76. The Morgan fingerprint density at radius 1 is 1.43 bits per heavy atom.